The van der Waals surface area contributed by atoms with Crippen LogP contribution < -0.4 is 5.73 Å². The molecule has 2 heteroatoms. The van der Waals surface area contributed by atoms with Crippen LogP contribution in [0.15, 0.2) is 24.3 Å². The quantitative estimate of drug-likeness (QED) is 0.850. The Labute approximate surface area is 118 Å². The second kappa shape index (κ2) is 7.66. The summed E-state index contributed by atoms with van der Waals surface area (Å²) < 4.78 is 0. The molecule has 1 aliphatic rings. The van der Waals surface area contributed by atoms with E-state index >= 15 is 0 Å². The normalized spacial score (nSPS) is 17.0. The monoisotopic (exact) mass is 260 g/mol. The van der Waals surface area contributed by atoms with E-state index in [1.165, 1.54) is 43.2 Å². The lowest BCUT2D eigenvalue weighted by Crippen LogP contribution is -2.39. The third-order valence-corrected chi connectivity index (χ3v) is 4.32. The molecule has 0 unspecified atom stereocenters. The number of rotatable bonds is 6. The first-order valence-electron chi connectivity index (χ1n) is 7.85. The largest absolute Gasteiger partial charge is 0.329 e. The molecule has 0 heterocycles. The van der Waals surface area contributed by atoms with Gasteiger partial charge in [-0.3, -0.25) is 4.90 Å². The van der Waals surface area contributed by atoms with Crippen molar-refractivity contribution in [3.63, 3.8) is 0 Å². The lowest BCUT2D eigenvalue weighted by atomic mass is 9.93. The minimum atomic E-state index is 0.753. The van der Waals surface area contributed by atoms with Crippen molar-refractivity contribution in [2.75, 3.05) is 13.1 Å². The highest BCUT2D eigenvalue weighted by atomic mass is 15.2. The average molecular weight is 260 g/mol. The molecular formula is C17H28N2. The number of benzene rings is 1. The lowest BCUT2D eigenvalue weighted by molar-refractivity contribution is 0.152. The molecule has 1 aliphatic carbocycles. The van der Waals surface area contributed by atoms with Crippen molar-refractivity contribution in [2.24, 2.45) is 5.73 Å². The fraction of sp³-hybridized carbons (Fsp3) is 0.647. The summed E-state index contributed by atoms with van der Waals surface area (Å²) in [5.74, 6) is 0. The summed E-state index contributed by atoms with van der Waals surface area (Å²) in [6.07, 6.45) is 8.02. The molecule has 0 saturated heterocycles. The van der Waals surface area contributed by atoms with E-state index in [2.05, 4.69) is 36.1 Å². The summed E-state index contributed by atoms with van der Waals surface area (Å²) in [5.41, 5.74) is 8.64. The molecule has 1 aromatic rings. The van der Waals surface area contributed by atoms with Gasteiger partial charge in [-0.05, 0) is 30.4 Å². The van der Waals surface area contributed by atoms with E-state index in [4.69, 9.17) is 5.73 Å². The molecule has 2 rings (SSSR count). The molecule has 1 saturated carbocycles. The third kappa shape index (κ3) is 4.32. The zero-order valence-electron chi connectivity index (χ0n) is 12.3. The topological polar surface area (TPSA) is 29.3 Å². The van der Waals surface area contributed by atoms with Crippen molar-refractivity contribution >= 4 is 0 Å². The molecule has 2 N–H and O–H groups in total. The first kappa shape index (κ1) is 14.5. The molecule has 0 atom stereocenters. The molecule has 0 amide bonds. The number of nitrogens with two attached hydrogens (primary N) is 1. The summed E-state index contributed by atoms with van der Waals surface area (Å²) in [6, 6.07) is 9.84. The van der Waals surface area contributed by atoms with E-state index in [-0.39, 0.29) is 0 Å². The minimum Gasteiger partial charge on any atom is -0.329 e. The van der Waals surface area contributed by atoms with Gasteiger partial charge in [0, 0.05) is 25.7 Å². The SMILES string of the molecule is CCc1ccc(CN(CCN)C2CCCCC2)cc1. The first-order chi connectivity index (χ1) is 9.33. The molecule has 106 valence electrons. The third-order valence-electron chi connectivity index (χ3n) is 4.32. The summed E-state index contributed by atoms with van der Waals surface area (Å²) in [4.78, 5) is 2.60. The van der Waals surface area contributed by atoms with Crippen LogP contribution in [0.2, 0.25) is 0 Å². The molecule has 2 nitrogen and oxygen atoms in total. The van der Waals surface area contributed by atoms with Gasteiger partial charge in [-0.2, -0.15) is 0 Å². The zero-order valence-corrected chi connectivity index (χ0v) is 12.3. The van der Waals surface area contributed by atoms with Crippen LogP contribution in [-0.4, -0.2) is 24.0 Å². The van der Waals surface area contributed by atoms with Gasteiger partial charge >= 0.3 is 0 Å². The number of hydrogen-bond acceptors (Lipinski definition) is 2. The Kier molecular flexibility index (Phi) is 5.87. The lowest BCUT2D eigenvalue weighted by Gasteiger charge is -2.34. The molecule has 0 radical (unpaired) electrons. The fourth-order valence-electron chi connectivity index (χ4n) is 3.12. The minimum absolute atomic E-state index is 0.753. The molecule has 0 aromatic heterocycles. The average Bonchev–Trinajstić information content (AvgIpc) is 2.48. The smallest absolute Gasteiger partial charge is 0.0237 e. The van der Waals surface area contributed by atoms with Crippen molar-refractivity contribution < 1.29 is 0 Å². The van der Waals surface area contributed by atoms with Gasteiger partial charge in [-0.25, -0.2) is 0 Å². The van der Waals surface area contributed by atoms with E-state index in [1.54, 1.807) is 0 Å². The Morgan fingerprint density at radius 3 is 2.26 bits per heavy atom. The van der Waals surface area contributed by atoms with Crippen LogP contribution in [0.3, 0.4) is 0 Å². The second-order valence-electron chi connectivity index (χ2n) is 5.72. The predicted octanol–water partition coefficient (Wildman–Crippen LogP) is 3.34. The van der Waals surface area contributed by atoms with Gasteiger partial charge in [0.1, 0.15) is 0 Å². The Balaban J connectivity index is 1.97. The zero-order chi connectivity index (χ0) is 13.5. The molecule has 0 bridgehead atoms. The van der Waals surface area contributed by atoms with Crippen molar-refractivity contribution in [3.05, 3.63) is 35.4 Å². The van der Waals surface area contributed by atoms with Gasteiger partial charge in [0.05, 0.1) is 0 Å². The molecule has 1 fully saturated rings. The molecule has 0 aliphatic heterocycles. The molecular weight excluding hydrogens is 232 g/mol. The van der Waals surface area contributed by atoms with E-state index in [9.17, 15) is 0 Å². The maximum Gasteiger partial charge on any atom is 0.0237 e. The van der Waals surface area contributed by atoms with Crippen LogP contribution in [0.1, 0.15) is 50.2 Å². The van der Waals surface area contributed by atoms with Crippen LogP contribution in [-0.2, 0) is 13.0 Å². The highest BCUT2D eigenvalue weighted by Crippen LogP contribution is 2.23. The van der Waals surface area contributed by atoms with Gasteiger partial charge in [0.15, 0.2) is 0 Å². The van der Waals surface area contributed by atoms with Gasteiger partial charge in [-0.15, -0.1) is 0 Å². The summed E-state index contributed by atoms with van der Waals surface area (Å²) in [6.45, 7) is 5.06. The highest BCUT2D eigenvalue weighted by molar-refractivity contribution is 5.22. The van der Waals surface area contributed by atoms with Crippen molar-refractivity contribution in [2.45, 2.75) is 58.0 Å². The van der Waals surface area contributed by atoms with E-state index < -0.39 is 0 Å². The Hall–Kier alpha value is -0.860. The highest BCUT2D eigenvalue weighted by Gasteiger charge is 2.20. The fourth-order valence-corrected chi connectivity index (χ4v) is 3.12. The van der Waals surface area contributed by atoms with Crippen molar-refractivity contribution in [3.8, 4) is 0 Å². The number of aryl methyl sites for hydroxylation is 1. The first-order valence-corrected chi connectivity index (χ1v) is 7.85. The standard InChI is InChI=1S/C17H28N2/c1-2-15-8-10-16(11-9-15)14-19(13-12-18)17-6-4-3-5-7-17/h8-11,17H,2-7,12-14,18H2,1H3. The Morgan fingerprint density at radius 2 is 1.68 bits per heavy atom. The number of hydrogen-bond donors (Lipinski definition) is 1. The van der Waals surface area contributed by atoms with Crippen LogP contribution >= 0.6 is 0 Å². The van der Waals surface area contributed by atoms with Crippen LogP contribution in [0, 0.1) is 0 Å². The van der Waals surface area contributed by atoms with E-state index in [0.29, 0.717) is 0 Å². The maximum absolute atomic E-state index is 5.79. The Bertz CT molecular complexity index is 352. The van der Waals surface area contributed by atoms with Gasteiger partial charge in [0.2, 0.25) is 0 Å². The summed E-state index contributed by atoms with van der Waals surface area (Å²) >= 11 is 0. The van der Waals surface area contributed by atoms with E-state index in [1.807, 2.05) is 0 Å². The van der Waals surface area contributed by atoms with Crippen molar-refractivity contribution in [1.82, 2.24) is 4.90 Å². The van der Waals surface area contributed by atoms with Crippen LogP contribution in [0.5, 0.6) is 0 Å². The van der Waals surface area contributed by atoms with E-state index in [0.717, 1.165) is 32.1 Å². The van der Waals surface area contributed by atoms with Gasteiger partial charge < -0.3 is 5.73 Å². The maximum atomic E-state index is 5.79. The van der Waals surface area contributed by atoms with Crippen LogP contribution in [0.4, 0.5) is 0 Å². The number of nitrogens with zero attached hydrogens (tertiary/aromatic N) is 1. The molecule has 0 spiro atoms. The Morgan fingerprint density at radius 1 is 1.05 bits per heavy atom. The van der Waals surface area contributed by atoms with Crippen molar-refractivity contribution in [1.29, 1.82) is 0 Å². The summed E-state index contributed by atoms with van der Waals surface area (Å²) in [7, 11) is 0. The molecule has 19 heavy (non-hydrogen) atoms. The van der Waals surface area contributed by atoms with Gasteiger partial charge in [-0.1, -0.05) is 50.5 Å². The predicted molar refractivity (Wildman–Crippen MR) is 82.2 cm³/mol. The summed E-state index contributed by atoms with van der Waals surface area (Å²) in [5, 5.41) is 0. The van der Waals surface area contributed by atoms with Crippen LogP contribution in [0.25, 0.3) is 0 Å². The second-order valence-corrected chi connectivity index (χ2v) is 5.72. The molecule has 1 aromatic carbocycles. The van der Waals surface area contributed by atoms with Gasteiger partial charge in [0.25, 0.3) is 0 Å².